The Morgan fingerprint density at radius 3 is 2.62 bits per heavy atom. The minimum Gasteiger partial charge on any atom is -0.324 e. The van der Waals surface area contributed by atoms with Crippen molar-refractivity contribution in [3.63, 3.8) is 0 Å². The minimum atomic E-state index is 0.214. The van der Waals surface area contributed by atoms with Gasteiger partial charge in [-0.25, -0.2) is 0 Å². The van der Waals surface area contributed by atoms with E-state index in [-0.39, 0.29) is 6.04 Å². The summed E-state index contributed by atoms with van der Waals surface area (Å²) in [6.45, 7) is 9.05. The number of benzene rings is 1. The number of fused-ring (bicyclic) bond motifs is 1. The normalized spacial score (nSPS) is 23.7. The average molecular weight is 217 g/mol. The maximum Gasteiger partial charge on any atom is 0.0302 e. The maximum absolute atomic E-state index is 6.36. The Kier molecular flexibility index (Phi) is 2.83. The van der Waals surface area contributed by atoms with Crippen LogP contribution in [-0.2, 0) is 6.42 Å². The van der Waals surface area contributed by atoms with Gasteiger partial charge in [0.2, 0.25) is 0 Å². The fraction of sp³-hybridized carbons (Fsp3) is 0.600. The summed E-state index contributed by atoms with van der Waals surface area (Å²) in [7, 11) is 0. The summed E-state index contributed by atoms with van der Waals surface area (Å²) in [4.78, 5) is 0. The van der Waals surface area contributed by atoms with E-state index < -0.39 is 0 Å². The Hall–Kier alpha value is -0.820. The summed E-state index contributed by atoms with van der Waals surface area (Å²) in [5, 5.41) is 0. The van der Waals surface area contributed by atoms with Crippen molar-refractivity contribution in [1.82, 2.24) is 0 Å². The van der Waals surface area contributed by atoms with Gasteiger partial charge in [0.15, 0.2) is 0 Å². The van der Waals surface area contributed by atoms with Crippen LogP contribution in [0.3, 0.4) is 0 Å². The van der Waals surface area contributed by atoms with E-state index in [1.54, 1.807) is 0 Å². The van der Waals surface area contributed by atoms with E-state index in [1.807, 2.05) is 0 Å². The Morgan fingerprint density at radius 1 is 1.25 bits per heavy atom. The molecule has 16 heavy (non-hydrogen) atoms. The standard InChI is InChI=1S/C15H23N/c1-10-7-11(2)12-5-6-15(3,4)9-14(16)13(12)8-10/h7-8,14H,5-6,9,16H2,1-4H3. The molecule has 0 aliphatic heterocycles. The lowest BCUT2D eigenvalue weighted by Gasteiger charge is -2.24. The smallest absolute Gasteiger partial charge is 0.0302 e. The van der Waals surface area contributed by atoms with E-state index in [1.165, 1.54) is 35.1 Å². The quantitative estimate of drug-likeness (QED) is 0.659. The molecule has 0 amide bonds. The van der Waals surface area contributed by atoms with Gasteiger partial charge in [-0.2, -0.15) is 0 Å². The van der Waals surface area contributed by atoms with Gasteiger partial charge >= 0.3 is 0 Å². The zero-order valence-electron chi connectivity index (χ0n) is 10.9. The van der Waals surface area contributed by atoms with Gasteiger partial charge in [0, 0.05) is 6.04 Å². The summed E-state index contributed by atoms with van der Waals surface area (Å²) in [5.41, 5.74) is 12.4. The zero-order valence-corrected chi connectivity index (χ0v) is 10.9. The second-order valence-corrected chi connectivity index (χ2v) is 6.12. The van der Waals surface area contributed by atoms with Crippen molar-refractivity contribution < 1.29 is 0 Å². The van der Waals surface area contributed by atoms with Crippen LogP contribution in [0, 0.1) is 19.3 Å². The monoisotopic (exact) mass is 217 g/mol. The fourth-order valence-electron chi connectivity index (χ4n) is 2.97. The van der Waals surface area contributed by atoms with Crippen LogP contribution in [-0.4, -0.2) is 0 Å². The molecular formula is C15H23N. The van der Waals surface area contributed by atoms with E-state index in [4.69, 9.17) is 5.73 Å². The van der Waals surface area contributed by atoms with Crippen LogP contribution in [0.4, 0.5) is 0 Å². The second kappa shape index (κ2) is 3.89. The highest BCUT2D eigenvalue weighted by Gasteiger charge is 2.28. The minimum absolute atomic E-state index is 0.214. The van der Waals surface area contributed by atoms with Gasteiger partial charge in [-0.15, -0.1) is 0 Å². The Morgan fingerprint density at radius 2 is 1.94 bits per heavy atom. The third-order valence-corrected chi connectivity index (χ3v) is 3.88. The highest BCUT2D eigenvalue weighted by Crippen LogP contribution is 2.39. The van der Waals surface area contributed by atoms with Gasteiger partial charge in [-0.3, -0.25) is 0 Å². The molecule has 0 saturated carbocycles. The van der Waals surface area contributed by atoms with Crippen molar-refractivity contribution in [1.29, 1.82) is 0 Å². The first-order valence-electron chi connectivity index (χ1n) is 6.25. The molecule has 88 valence electrons. The molecule has 1 aliphatic rings. The predicted octanol–water partition coefficient (Wildman–Crippen LogP) is 3.67. The van der Waals surface area contributed by atoms with E-state index in [0.29, 0.717) is 5.41 Å². The van der Waals surface area contributed by atoms with Crippen LogP contribution in [0.5, 0.6) is 0 Å². The zero-order chi connectivity index (χ0) is 11.9. The first-order valence-corrected chi connectivity index (χ1v) is 6.25. The third kappa shape index (κ3) is 2.15. The van der Waals surface area contributed by atoms with Gasteiger partial charge in [0.1, 0.15) is 0 Å². The predicted molar refractivity (Wildman–Crippen MR) is 69.6 cm³/mol. The first kappa shape index (κ1) is 11.7. The molecule has 0 spiro atoms. The molecule has 1 unspecified atom stereocenters. The van der Waals surface area contributed by atoms with Gasteiger partial charge in [-0.05, 0) is 55.2 Å². The summed E-state index contributed by atoms with van der Waals surface area (Å²) in [5.74, 6) is 0. The molecule has 1 aromatic carbocycles. The van der Waals surface area contributed by atoms with Crippen LogP contribution in [0.1, 0.15) is 55.0 Å². The summed E-state index contributed by atoms with van der Waals surface area (Å²) >= 11 is 0. The maximum atomic E-state index is 6.36. The molecule has 1 aromatic rings. The lowest BCUT2D eigenvalue weighted by Crippen LogP contribution is -2.19. The van der Waals surface area contributed by atoms with Crippen molar-refractivity contribution in [2.75, 3.05) is 0 Å². The van der Waals surface area contributed by atoms with Crippen LogP contribution in [0.25, 0.3) is 0 Å². The molecule has 0 aromatic heterocycles. The van der Waals surface area contributed by atoms with Crippen molar-refractivity contribution in [3.8, 4) is 0 Å². The lowest BCUT2D eigenvalue weighted by molar-refractivity contribution is 0.294. The Bertz CT molecular complexity index is 404. The largest absolute Gasteiger partial charge is 0.324 e. The highest BCUT2D eigenvalue weighted by atomic mass is 14.6. The molecule has 2 rings (SSSR count). The third-order valence-electron chi connectivity index (χ3n) is 3.88. The van der Waals surface area contributed by atoms with Crippen LogP contribution < -0.4 is 5.73 Å². The number of hydrogen-bond acceptors (Lipinski definition) is 1. The molecule has 1 atom stereocenters. The van der Waals surface area contributed by atoms with Crippen LogP contribution >= 0.6 is 0 Å². The van der Waals surface area contributed by atoms with Crippen molar-refractivity contribution in [3.05, 3.63) is 34.4 Å². The van der Waals surface area contributed by atoms with Gasteiger partial charge in [-0.1, -0.05) is 31.5 Å². The lowest BCUT2D eigenvalue weighted by atomic mass is 9.83. The molecule has 0 fully saturated rings. The van der Waals surface area contributed by atoms with E-state index in [2.05, 4.69) is 39.8 Å². The molecule has 2 N–H and O–H groups in total. The first-order chi connectivity index (χ1) is 7.39. The number of nitrogens with two attached hydrogens (primary N) is 1. The summed E-state index contributed by atoms with van der Waals surface area (Å²) in [6.07, 6.45) is 3.53. The Balaban J connectivity index is 2.49. The highest BCUT2D eigenvalue weighted by molar-refractivity contribution is 5.41. The number of hydrogen-bond donors (Lipinski definition) is 1. The average Bonchev–Trinajstić information content (AvgIpc) is 2.23. The molecule has 1 aliphatic carbocycles. The number of rotatable bonds is 0. The van der Waals surface area contributed by atoms with Gasteiger partial charge < -0.3 is 5.73 Å². The van der Waals surface area contributed by atoms with Crippen molar-refractivity contribution in [2.24, 2.45) is 11.1 Å². The van der Waals surface area contributed by atoms with Gasteiger partial charge in [0.05, 0.1) is 0 Å². The summed E-state index contributed by atoms with van der Waals surface area (Å²) < 4.78 is 0. The molecule has 0 radical (unpaired) electrons. The van der Waals surface area contributed by atoms with E-state index in [0.717, 1.165) is 6.42 Å². The van der Waals surface area contributed by atoms with E-state index >= 15 is 0 Å². The van der Waals surface area contributed by atoms with Gasteiger partial charge in [0.25, 0.3) is 0 Å². The van der Waals surface area contributed by atoms with Crippen molar-refractivity contribution >= 4 is 0 Å². The molecule has 0 heterocycles. The topological polar surface area (TPSA) is 26.0 Å². The second-order valence-electron chi connectivity index (χ2n) is 6.12. The molecule has 1 nitrogen and oxygen atoms in total. The van der Waals surface area contributed by atoms with E-state index in [9.17, 15) is 0 Å². The molecular weight excluding hydrogens is 194 g/mol. The molecule has 0 bridgehead atoms. The van der Waals surface area contributed by atoms with Crippen LogP contribution in [0.15, 0.2) is 12.1 Å². The Labute approximate surface area is 99.0 Å². The number of aryl methyl sites for hydroxylation is 2. The summed E-state index contributed by atoms with van der Waals surface area (Å²) in [6, 6.07) is 4.78. The van der Waals surface area contributed by atoms with Crippen LogP contribution in [0.2, 0.25) is 0 Å². The SMILES string of the molecule is Cc1cc(C)c2c(c1)C(N)CC(C)(C)CC2. The molecule has 0 saturated heterocycles. The molecule has 1 heteroatoms. The fourth-order valence-corrected chi connectivity index (χ4v) is 2.97. The van der Waals surface area contributed by atoms with Crippen molar-refractivity contribution in [2.45, 2.75) is 53.0 Å².